The molecule has 1 aromatic rings. The number of nitrogens with one attached hydrogen (secondary N) is 4. The van der Waals surface area contributed by atoms with Crippen LogP contribution in [0.3, 0.4) is 0 Å². The van der Waals surface area contributed by atoms with Crippen LogP contribution in [0, 0.1) is 6.92 Å². The van der Waals surface area contributed by atoms with E-state index in [0.29, 0.717) is 5.69 Å². The van der Waals surface area contributed by atoms with Crippen LogP contribution in [-0.4, -0.2) is 47.0 Å². The molecule has 30 heavy (non-hydrogen) atoms. The molecule has 1 saturated heterocycles. The Labute approximate surface area is 179 Å². The van der Waals surface area contributed by atoms with E-state index in [0.717, 1.165) is 23.4 Å². The van der Waals surface area contributed by atoms with E-state index in [-0.39, 0.29) is 35.9 Å². The molecule has 1 aliphatic rings. The number of hydrogen-bond acceptors (Lipinski definition) is 4. The van der Waals surface area contributed by atoms with Crippen LogP contribution in [0.1, 0.15) is 58.9 Å². The van der Waals surface area contributed by atoms with Gasteiger partial charge in [-0.05, 0) is 59.6 Å². The van der Waals surface area contributed by atoms with E-state index in [1.165, 1.54) is 7.05 Å². The number of piperidine rings is 1. The molecule has 0 unspecified atom stereocenters. The molecular weight excluding hydrogens is 382 g/mol. The maximum atomic E-state index is 12.3. The number of nitrogens with zero attached hydrogens (tertiary/aromatic N) is 1. The molecule has 8 heteroatoms. The summed E-state index contributed by atoms with van der Waals surface area (Å²) in [4.78, 5) is 36.6. The van der Waals surface area contributed by atoms with Gasteiger partial charge in [-0.1, -0.05) is 17.7 Å². The van der Waals surface area contributed by atoms with E-state index in [4.69, 9.17) is 0 Å². The van der Waals surface area contributed by atoms with Gasteiger partial charge in [-0.15, -0.1) is 0 Å². The van der Waals surface area contributed by atoms with Gasteiger partial charge in [0.15, 0.2) is 0 Å². The minimum Gasteiger partial charge on any atom is -0.353 e. The molecule has 0 bridgehead atoms. The van der Waals surface area contributed by atoms with Crippen LogP contribution in [-0.2, 0) is 9.59 Å². The summed E-state index contributed by atoms with van der Waals surface area (Å²) in [7, 11) is 1.46. The Hall–Kier alpha value is -2.61. The zero-order valence-corrected chi connectivity index (χ0v) is 18.9. The van der Waals surface area contributed by atoms with Gasteiger partial charge in [0.05, 0.1) is 0 Å². The van der Waals surface area contributed by atoms with Crippen molar-refractivity contribution < 1.29 is 14.4 Å². The number of benzene rings is 1. The molecule has 0 spiro atoms. The molecule has 0 aliphatic carbocycles. The summed E-state index contributed by atoms with van der Waals surface area (Å²) in [6.45, 7) is 10.5. The van der Waals surface area contributed by atoms with Gasteiger partial charge in [0.2, 0.25) is 11.8 Å². The third kappa shape index (κ3) is 7.67. The zero-order valence-electron chi connectivity index (χ0n) is 18.9. The van der Waals surface area contributed by atoms with Crippen molar-refractivity contribution in [2.75, 3.05) is 12.4 Å². The molecule has 166 valence electrons. The summed E-state index contributed by atoms with van der Waals surface area (Å²) < 4.78 is 0. The van der Waals surface area contributed by atoms with Gasteiger partial charge in [-0.3, -0.25) is 15.0 Å². The van der Waals surface area contributed by atoms with Gasteiger partial charge >= 0.3 is 6.03 Å². The molecule has 0 aromatic heterocycles. The first-order valence-corrected chi connectivity index (χ1v) is 10.3. The van der Waals surface area contributed by atoms with E-state index >= 15 is 0 Å². The third-order valence-electron chi connectivity index (χ3n) is 5.03. The average Bonchev–Trinajstić information content (AvgIpc) is 2.59. The van der Waals surface area contributed by atoms with Crippen LogP contribution < -0.4 is 21.4 Å². The van der Waals surface area contributed by atoms with Crippen molar-refractivity contribution in [3.05, 3.63) is 29.8 Å². The summed E-state index contributed by atoms with van der Waals surface area (Å²) >= 11 is 0. The highest BCUT2D eigenvalue weighted by Crippen LogP contribution is 2.28. The summed E-state index contributed by atoms with van der Waals surface area (Å²) in [6, 6.07) is 6.95. The smallest absolute Gasteiger partial charge is 0.340 e. The minimum absolute atomic E-state index is 0.00570. The number of rotatable bonds is 5. The molecule has 0 atom stereocenters. The number of amides is 4. The monoisotopic (exact) mass is 417 g/mol. The zero-order chi connectivity index (χ0) is 22.5. The van der Waals surface area contributed by atoms with Gasteiger partial charge in [-0.25, -0.2) is 9.80 Å². The molecule has 2 rings (SSSR count). The van der Waals surface area contributed by atoms with E-state index in [1.54, 1.807) is 12.1 Å². The lowest BCUT2D eigenvalue weighted by Gasteiger charge is -2.46. The number of carbonyl (C=O) groups is 3. The van der Waals surface area contributed by atoms with Crippen molar-refractivity contribution in [3.8, 4) is 0 Å². The summed E-state index contributed by atoms with van der Waals surface area (Å²) in [5.74, 6) is -0.548. The molecular formula is C22H35N5O3. The number of hydrogen-bond donors (Lipinski definition) is 4. The van der Waals surface area contributed by atoms with Crippen LogP contribution in [0.25, 0.3) is 0 Å². The topological polar surface area (TPSA) is 103 Å². The Morgan fingerprint density at radius 1 is 1.00 bits per heavy atom. The summed E-state index contributed by atoms with van der Waals surface area (Å²) in [5.41, 5.74) is 4.08. The van der Waals surface area contributed by atoms with E-state index < -0.39 is 11.9 Å². The highest BCUT2D eigenvalue weighted by molar-refractivity contribution is 5.91. The number of aryl methyl sites for hydroxylation is 1. The van der Waals surface area contributed by atoms with Crippen molar-refractivity contribution in [2.45, 2.75) is 77.4 Å². The first kappa shape index (κ1) is 23.7. The Morgan fingerprint density at radius 2 is 1.53 bits per heavy atom. The van der Waals surface area contributed by atoms with Crippen molar-refractivity contribution >= 4 is 23.5 Å². The van der Waals surface area contributed by atoms with Gasteiger partial charge in [0.1, 0.15) is 0 Å². The van der Waals surface area contributed by atoms with Crippen molar-refractivity contribution in [1.29, 1.82) is 0 Å². The average molecular weight is 418 g/mol. The molecule has 4 amide bonds. The minimum atomic E-state index is -0.462. The number of hydrazine groups is 1. The van der Waals surface area contributed by atoms with Gasteiger partial charge in [-0.2, -0.15) is 0 Å². The van der Waals surface area contributed by atoms with Crippen LogP contribution in [0.2, 0.25) is 0 Å². The standard InChI is InChI=1S/C22H35N5O3/c1-15-7-9-16(10-8-15)24-20(30)27(6)25-19(29)12-11-18(28)23-17-13-21(2,3)26-22(4,5)14-17/h7-10,17,26H,11-14H2,1-6H3,(H,23,28)(H,24,30)(H,25,29). The lowest BCUT2D eigenvalue weighted by Crippen LogP contribution is -2.62. The predicted molar refractivity (Wildman–Crippen MR) is 118 cm³/mol. The van der Waals surface area contributed by atoms with Crippen LogP contribution in [0.15, 0.2) is 24.3 Å². The second-order valence-corrected chi connectivity index (χ2v) is 9.46. The Balaban J connectivity index is 1.74. The number of carbonyl (C=O) groups excluding carboxylic acids is 3. The SMILES string of the molecule is Cc1ccc(NC(=O)N(C)NC(=O)CCC(=O)NC2CC(C)(C)NC(C)(C)C2)cc1. The van der Waals surface area contributed by atoms with Crippen LogP contribution >= 0.6 is 0 Å². The molecule has 0 saturated carbocycles. The quantitative estimate of drug-likeness (QED) is 0.553. The van der Waals surface area contributed by atoms with Crippen LogP contribution in [0.5, 0.6) is 0 Å². The first-order chi connectivity index (χ1) is 13.8. The second-order valence-electron chi connectivity index (χ2n) is 9.46. The van der Waals surface area contributed by atoms with Crippen LogP contribution in [0.4, 0.5) is 10.5 Å². The highest BCUT2D eigenvalue weighted by atomic mass is 16.2. The van der Waals surface area contributed by atoms with E-state index in [2.05, 4.69) is 49.1 Å². The number of anilines is 1. The fourth-order valence-electron chi connectivity index (χ4n) is 4.09. The summed E-state index contributed by atoms with van der Waals surface area (Å²) in [6.07, 6.45) is 1.74. The fourth-order valence-corrected chi connectivity index (χ4v) is 4.09. The molecule has 0 radical (unpaired) electrons. The second kappa shape index (κ2) is 9.47. The maximum Gasteiger partial charge on any atom is 0.340 e. The van der Waals surface area contributed by atoms with Gasteiger partial charge in [0, 0.05) is 42.7 Å². The number of urea groups is 1. The maximum absolute atomic E-state index is 12.3. The lowest BCUT2D eigenvalue weighted by atomic mass is 9.79. The Bertz CT molecular complexity index is 757. The third-order valence-corrected chi connectivity index (χ3v) is 5.03. The van der Waals surface area contributed by atoms with Gasteiger partial charge < -0.3 is 16.0 Å². The van der Waals surface area contributed by atoms with Crippen molar-refractivity contribution in [1.82, 2.24) is 21.1 Å². The first-order valence-electron chi connectivity index (χ1n) is 10.3. The van der Waals surface area contributed by atoms with Gasteiger partial charge in [0.25, 0.3) is 0 Å². The Morgan fingerprint density at radius 3 is 2.10 bits per heavy atom. The lowest BCUT2D eigenvalue weighted by molar-refractivity contribution is -0.128. The molecule has 8 nitrogen and oxygen atoms in total. The Kier molecular flexibility index (Phi) is 7.47. The molecule has 1 aromatic carbocycles. The largest absolute Gasteiger partial charge is 0.353 e. The normalized spacial score (nSPS) is 17.7. The molecule has 4 N–H and O–H groups in total. The molecule has 1 aliphatic heterocycles. The highest BCUT2D eigenvalue weighted by Gasteiger charge is 2.38. The van der Waals surface area contributed by atoms with Crippen molar-refractivity contribution in [3.63, 3.8) is 0 Å². The predicted octanol–water partition coefficient (Wildman–Crippen LogP) is 2.70. The van der Waals surface area contributed by atoms with E-state index in [1.807, 2.05) is 19.1 Å². The fraction of sp³-hybridized carbons (Fsp3) is 0.591. The van der Waals surface area contributed by atoms with E-state index in [9.17, 15) is 14.4 Å². The van der Waals surface area contributed by atoms with Crippen molar-refractivity contribution in [2.24, 2.45) is 0 Å². The summed E-state index contributed by atoms with van der Waals surface area (Å²) in [5, 5.41) is 10.4. The molecule has 1 heterocycles. The molecule has 1 fully saturated rings.